The molecule has 1 aromatic carbocycles. The average Bonchev–Trinajstić information content (AvgIpc) is 2.80. The van der Waals surface area contributed by atoms with Crippen LogP contribution in [0.3, 0.4) is 0 Å². The van der Waals surface area contributed by atoms with E-state index in [9.17, 15) is 14.9 Å². The first kappa shape index (κ1) is 12.8. The van der Waals surface area contributed by atoms with Crippen LogP contribution in [-0.2, 0) is 0 Å². The molecule has 1 aliphatic rings. The Bertz CT molecular complexity index is 486. The van der Waals surface area contributed by atoms with E-state index in [0.29, 0.717) is 12.1 Å². The average molecular weight is 271 g/mol. The third kappa shape index (κ3) is 2.77. The minimum absolute atomic E-state index is 0.0399. The van der Waals surface area contributed by atoms with Gasteiger partial charge in [0.05, 0.1) is 4.92 Å². The molecule has 1 N–H and O–H groups in total. The first-order valence-electron chi connectivity index (χ1n) is 5.44. The van der Waals surface area contributed by atoms with Crippen LogP contribution < -0.4 is 10.1 Å². The zero-order chi connectivity index (χ0) is 13.1. The molecule has 1 aliphatic heterocycles. The number of rotatable bonds is 3. The van der Waals surface area contributed by atoms with Crippen molar-refractivity contribution in [3.05, 3.63) is 33.9 Å². The second-order valence-corrected chi connectivity index (χ2v) is 4.32. The van der Waals surface area contributed by atoms with Gasteiger partial charge in [-0.15, -0.1) is 0 Å². The standard InChI is InChI=1S/C11H11ClN2O4/c12-11(15)18-8-1-2-10(14(16)17)9(5-8)7-3-4-13-6-7/h1-2,5,7,13H,3-4,6H2. The van der Waals surface area contributed by atoms with Crippen LogP contribution >= 0.6 is 11.6 Å². The largest absolute Gasteiger partial charge is 0.414 e. The number of halogens is 1. The third-order valence-corrected chi connectivity index (χ3v) is 2.97. The van der Waals surface area contributed by atoms with E-state index < -0.39 is 10.4 Å². The lowest BCUT2D eigenvalue weighted by Crippen LogP contribution is -2.09. The molecule has 1 fully saturated rings. The summed E-state index contributed by atoms with van der Waals surface area (Å²) >= 11 is 5.12. The highest BCUT2D eigenvalue weighted by Crippen LogP contribution is 2.33. The molecule has 1 atom stereocenters. The maximum atomic E-state index is 11.0. The third-order valence-electron chi connectivity index (χ3n) is 2.89. The highest BCUT2D eigenvalue weighted by molar-refractivity contribution is 6.61. The number of hydrogen-bond acceptors (Lipinski definition) is 5. The molecule has 1 heterocycles. The van der Waals surface area contributed by atoms with Gasteiger partial charge in [0, 0.05) is 35.7 Å². The number of benzene rings is 1. The molecular weight excluding hydrogens is 260 g/mol. The Morgan fingerprint density at radius 1 is 1.56 bits per heavy atom. The predicted octanol–water partition coefficient (Wildman–Crippen LogP) is 2.41. The Hall–Kier alpha value is -1.66. The molecule has 0 saturated carbocycles. The van der Waals surface area contributed by atoms with E-state index >= 15 is 0 Å². The van der Waals surface area contributed by atoms with Gasteiger partial charge < -0.3 is 10.1 Å². The topological polar surface area (TPSA) is 81.5 Å². The molecule has 0 amide bonds. The van der Waals surface area contributed by atoms with E-state index in [-0.39, 0.29) is 17.4 Å². The van der Waals surface area contributed by atoms with E-state index in [1.165, 1.54) is 18.2 Å². The number of nitrogens with zero attached hydrogens (tertiary/aromatic N) is 1. The predicted molar refractivity (Wildman–Crippen MR) is 65.2 cm³/mol. The van der Waals surface area contributed by atoms with Crippen molar-refractivity contribution in [3.63, 3.8) is 0 Å². The second-order valence-electron chi connectivity index (χ2n) is 4.01. The van der Waals surface area contributed by atoms with Crippen LogP contribution in [0.4, 0.5) is 10.5 Å². The number of carbonyl (C=O) groups excluding carboxylic acids is 1. The Morgan fingerprint density at radius 3 is 2.89 bits per heavy atom. The molecule has 1 saturated heterocycles. The van der Waals surface area contributed by atoms with Crippen molar-refractivity contribution in [2.45, 2.75) is 12.3 Å². The van der Waals surface area contributed by atoms with Crippen molar-refractivity contribution in [2.24, 2.45) is 0 Å². The quantitative estimate of drug-likeness (QED) is 0.518. The maximum Gasteiger partial charge on any atom is 0.409 e. The summed E-state index contributed by atoms with van der Waals surface area (Å²) in [4.78, 5) is 21.2. The molecule has 96 valence electrons. The monoisotopic (exact) mass is 270 g/mol. The van der Waals surface area contributed by atoms with Crippen molar-refractivity contribution in [1.82, 2.24) is 5.32 Å². The van der Waals surface area contributed by atoms with Gasteiger partial charge in [0.2, 0.25) is 0 Å². The SMILES string of the molecule is O=C(Cl)Oc1ccc([N+](=O)[O-])c(C2CCNC2)c1. The summed E-state index contributed by atoms with van der Waals surface area (Å²) in [7, 11) is 0. The molecule has 6 nitrogen and oxygen atoms in total. The highest BCUT2D eigenvalue weighted by atomic mass is 35.5. The summed E-state index contributed by atoms with van der Waals surface area (Å²) in [6, 6.07) is 4.21. The van der Waals surface area contributed by atoms with Crippen molar-refractivity contribution in [1.29, 1.82) is 0 Å². The van der Waals surface area contributed by atoms with Gasteiger partial charge >= 0.3 is 5.43 Å². The molecule has 0 radical (unpaired) electrons. The number of nitrogens with one attached hydrogen (secondary N) is 1. The summed E-state index contributed by atoms with van der Waals surface area (Å²) in [5, 5.41) is 14.1. The van der Waals surface area contributed by atoms with Crippen molar-refractivity contribution in [3.8, 4) is 5.75 Å². The number of carbonyl (C=O) groups is 1. The zero-order valence-corrected chi connectivity index (χ0v) is 10.1. The van der Waals surface area contributed by atoms with Crippen LogP contribution in [0.25, 0.3) is 0 Å². The fourth-order valence-corrected chi connectivity index (χ4v) is 2.19. The molecule has 2 rings (SSSR count). The Labute approximate surface area is 108 Å². The summed E-state index contributed by atoms with van der Waals surface area (Å²) in [5.74, 6) is 0.280. The fraction of sp³-hybridized carbons (Fsp3) is 0.364. The van der Waals surface area contributed by atoms with Crippen molar-refractivity contribution >= 4 is 22.7 Å². The van der Waals surface area contributed by atoms with Crippen LogP contribution in [0, 0.1) is 10.1 Å². The van der Waals surface area contributed by atoms with Gasteiger partial charge in [-0.25, -0.2) is 4.79 Å². The lowest BCUT2D eigenvalue weighted by molar-refractivity contribution is -0.385. The van der Waals surface area contributed by atoms with Crippen LogP contribution in [0.1, 0.15) is 17.9 Å². The van der Waals surface area contributed by atoms with Gasteiger partial charge in [-0.1, -0.05) is 0 Å². The van der Waals surface area contributed by atoms with Crippen molar-refractivity contribution < 1.29 is 14.5 Å². The molecule has 0 spiro atoms. The summed E-state index contributed by atoms with van der Waals surface area (Å²) in [6.07, 6.45) is 0.819. The highest BCUT2D eigenvalue weighted by Gasteiger charge is 2.25. The number of ether oxygens (including phenoxy) is 1. The Balaban J connectivity index is 2.37. The first-order chi connectivity index (χ1) is 8.58. The van der Waals surface area contributed by atoms with Gasteiger partial charge in [0.1, 0.15) is 5.75 Å². The van der Waals surface area contributed by atoms with Gasteiger partial charge in [-0.2, -0.15) is 0 Å². The smallest absolute Gasteiger partial charge is 0.409 e. The summed E-state index contributed by atoms with van der Waals surface area (Å²) < 4.78 is 4.73. The van der Waals surface area contributed by atoms with Crippen LogP contribution in [-0.4, -0.2) is 23.4 Å². The zero-order valence-electron chi connectivity index (χ0n) is 9.39. The normalized spacial score (nSPS) is 18.6. The molecule has 7 heteroatoms. The van der Waals surface area contributed by atoms with E-state index in [4.69, 9.17) is 16.3 Å². The van der Waals surface area contributed by atoms with Gasteiger partial charge in [0.25, 0.3) is 5.69 Å². The molecule has 0 aliphatic carbocycles. The summed E-state index contributed by atoms with van der Waals surface area (Å²) in [6.45, 7) is 1.50. The molecule has 18 heavy (non-hydrogen) atoms. The number of nitro groups is 1. The van der Waals surface area contributed by atoms with Crippen LogP contribution in [0.2, 0.25) is 0 Å². The van der Waals surface area contributed by atoms with Gasteiger partial charge in [-0.05, 0) is 25.1 Å². The molecular formula is C11H11ClN2O4. The molecule has 0 bridgehead atoms. The maximum absolute atomic E-state index is 11.0. The van der Waals surface area contributed by atoms with Gasteiger partial charge in [0.15, 0.2) is 0 Å². The Kier molecular flexibility index (Phi) is 3.78. The van der Waals surface area contributed by atoms with E-state index in [0.717, 1.165) is 13.0 Å². The van der Waals surface area contributed by atoms with E-state index in [1.807, 2.05) is 0 Å². The lowest BCUT2D eigenvalue weighted by atomic mass is 9.96. The summed E-state index contributed by atoms with van der Waals surface area (Å²) in [5.41, 5.74) is -0.349. The van der Waals surface area contributed by atoms with E-state index in [2.05, 4.69) is 5.32 Å². The second kappa shape index (κ2) is 5.32. The minimum Gasteiger partial charge on any atom is -0.414 e. The van der Waals surface area contributed by atoms with Crippen LogP contribution in [0.5, 0.6) is 5.75 Å². The molecule has 1 unspecified atom stereocenters. The minimum atomic E-state index is -0.959. The lowest BCUT2D eigenvalue weighted by Gasteiger charge is -2.10. The molecule has 1 aromatic rings. The van der Waals surface area contributed by atoms with Crippen LogP contribution in [0.15, 0.2) is 18.2 Å². The first-order valence-corrected chi connectivity index (χ1v) is 5.82. The van der Waals surface area contributed by atoms with Gasteiger partial charge in [-0.3, -0.25) is 10.1 Å². The number of hydrogen-bond donors (Lipinski definition) is 1. The van der Waals surface area contributed by atoms with Crippen molar-refractivity contribution in [2.75, 3.05) is 13.1 Å². The number of nitro benzene ring substituents is 1. The molecule has 0 aromatic heterocycles. The van der Waals surface area contributed by atoms with E-state index in [1.54, 1.807) is 0 Å². The fourth-order valence-electron chi connectivity index (χ4n) is 2.10. The Morgan fingerprint density at radius 2 is 2.33 bits per heavy atom.